The molecule has 1 nitrogen and oxygen atoms in total. The molecule has 0 radical (unpaired) electrons. The molecule has 0 amide bonds. The Morgan fingerprint density at radius 1 is 1.11 bits per heavy atom. The summed E-state index contributed by atoms with van der Waals surface area (Å²) in [6.45, 7) is 6.42. The van der Waals surface area contributed by atoms with Gasteiger partial charge < -0.3 is 5.32 Å². The first-order chi connectivity index (χ1) is 8.97. The van der Waals surface area contributed by atoms with Crippen molar-refractivity contribution < 1.29 is 0 Å². The SMILES string of the molecule is Cc1ccc(C)c(C(C)Nc2ccc(I)cc2Cl)c1. The van der Waals surface area contributed by atoms with E-state index in [9.17, 15) is 0 Å². The van der Waals surface area contributed by atoms with Crippen molar-refractivity contribution in [2.75, 3.05) is 5.32 Å². The Hall–Kier alpha value is -0.740. The number of nitrogens with one attached hydrogen (secondary N) is 1. The van der Waals surface area contributed by atoms with E-state index in [4.69, 9.17) is 11.6 Å². The summed E-state index contributed by atoms with van der Waals surface area (Å²) in [6.07, 6.45) is 0. The molecule has 0 aromatic heterocycles. The summed E-state index contributed by atoms with van der Waals surface area (Å²) in [6, 6.07) is 12.8. The molecular weight excluding hydrogens is 369 g/mol. The molecule has 1 atom stereocenters. The topological polar surface area (TPSA) is 12.0 Å². The number of hydrogen-bond acceptors (Lipinski definition) is 1. The number of hydrogen-bond donors (Lipinski definition) is 1. The van der Waals surface area contributed by atoms with Crippen molar-refractivity contribution in [2.24, 2.45) is 0 Å². The van der Waals surface area contributed by atoms with E-state index in [1.807, 2.05) is 12.1 Å². The molecule has 0 bridgehead atoms. The van der Waals surface area contributed by atoms with E-state index in [1.165, 1.54) is 16.7 Å². The van der Waals surface area contributed by atoms with Gasteiger partial charge in [0.2, 0.25) is 0 Å². The summed E-state index contributed by atoms with van der Waals surface area (Å²) in [4.78, 5) is 0. The number of aryl methyl sites for hydroxylation is 2. The van der Waals surface area contributed by atoms with Gasteiger partial charge in [0.1, 0.15) is 0 Å². The highest BCUT2D eigenvalue weighted by Gasteiger charge is 2.10. The van der Waals surface area contributed by atoms with Gasteiger partial charge in [-0.05, 0) is 72.7 Å². The number of benzene rings is 2. The average molecular weight is 386 g/mol. The highest BCUT2D eigenvalue weighted by atomic mass is 127. The van der Waals surface area contributed by atoms with Crippen LogP contribution in [0, 0.1) is 17.4 Å². The van der Waals surface area contributed by atoms with Gasteiger partial charge in [-0.25, -0.2) is 0 Å². The summed E-state index contributed by atoms with van der Waals surface area (Å²) in [5.74, 6) is 0. The fourth-order valence-corrected chi connectivity index (χ4v) is 3.05. The number of halogens is 2. The molecule has 19 heavy (non-hydrogen) atoms. The lowest BCUT2D eigenvalue weighted by molar-refractivity contribution is 0.872. The minimum Gasteiger partial charge on any atom is -0.377 e. The predicted octanol–water partition coefficient (Wildman–Crippen LogP) is 5.73. The predicted molar refractivity (Wildman–Crippen MR) is 92.1 cm³/mol. The van der Waals surface area contributed by atoms with E-state index in [0.29, 0.717) is 0 Å². The first kappa shape index (κ1) is 14.7. The first-order valence-corrected chi connectivity index (χ1v) is 7.72. The molecule has 100 valence electrons. The van der Waals surface area contributed by atoms with Crippen molar-refractivity contribution in [1.82, 2.24) is 0 Å². The van der Waals surface area contributed by atoms with E-state index < -0.39 is 0 Å². The molecule has 0 aliphatic heterocycles. The Bertz CT molecular complexity index is 595. The van der Waals surface area contributed by atoms with Gasteiger partial charge in [0.15, 0.2) is 0 Å². The molecular formula is C16H17ClIN. The molecule has 0 aliphatic rings. The minimum atomic E-state index is 0.234. The summed E-state index contributed by atoms with van der Waals surface area (Å²) < 4.78 is 1.15. The van der Waals surface area contributed by atoms with E-state index in [2.05, 4.69) is 72.9 Å². The zero-order chi connectivity index (χ0) is 14.0. The van der Waals surface area contributed by atoms with Crippen LogP contribution in [-0.2, 0) is 0 Å². The lowest BCUT2D eigenvalue weighted by Crippen LogP contribution is -2.09. The molecule has 3 heteroatoms. The largest absolute Gasteiger partial charge is 0.377 e. The molecule has 1 N–H and O–H groups in total. The van der Waals surface area contributed by atoms with Crippen molar-refractivity contribution >= 4 is 39.9 Å². The van der Waals surface area contributed by atoms with E-state index >= 15 is 0 Å². The van der Waals surface area contributed by atoms with Crippen LogP contribution >= 0.6 is 34.2 Å². The second kappa shape index (κ2) is 6.14. The number of anilines is 1. The molecule has 0 saturated heterocycles. The van der Waals surface area contributed by atoms with E-state index in [1.54, 1.807) is 0 Å². The van der Waals surface area contributed by atoms with Crippen LogP contribution in [0.1, 0.15) is 29.7 Å². The fraction of sp³-hybridized carbons (Fsp3) is 0.250. The van der Waals surface area contributed by atoms with Crippen molar-refractivity contribution in [3.05, 3.63) is 61.7 Å². The second-order valence-electron chi connectivity index (χ2n) is 4.85. The van der Waals surface area contributed by atoms with Gasteiger partial charge in [0, 0.05) is 9.61 Å². The quantitative estimate of drug-likeness (QED) is 0.665. The van der Waals surface area contributed by atoms with Crippen molar-refractivity contribution in [3.63, 3.8) is 0 Å². The highest BCUT2D eigenvalue weighted by Crippen LogP contribution is 2.29. The number of rotatable bonds is 3. The normalized spacial score (nSPS) is 12.3. The zero-order valence-corrected chi connectivity index (χ0v) is 14.2. The highest BCUT2D eigenvalue weighted by molar-refractivity contribution is 14.1. The Labute approximate surface area is 133 Å². The molecule has 2 aromatic rings. The minimum absolute atomic E-state index is 0.234. The monoisotopic (exact) mass is 385 g/mol. The summed E-state index contributed by atoms with van der Waals surface area (Å²) in [5, 5.41) is 4.25. The maximum absolute atomic E-state index is 6.26. The average Bonchev–Trinajstić information content (AvgIpc) is 2.35. The van der Waals surface area contributed by atoms with Gasteiger partial charge in [-0.1, -0.05) is 35.4 Å². The Morgan fingerprint density at radius 2 is 1.84 bits per heavy atom. The lowest BCUT2D eigenvalue weighted by Gasteiger charge is -2.19. The van der Waals surface area contributed by atoms with Crippen LogP contribution in [0.5, 0.6) is 0 Å². The maximum atomic E-state index is 6.26. The third-order valence-electron chi connectivity index (χ3n) is 3.20. The summed E-state index contributed by atoms with van der Waals surface area (Å²) in [5.41, 5.74) is 4.88. The third kappa shape index (κ3) is 3.63. The van der Waals surface area contributed by atoms with Crippen LogP contribution in [0.4, 0.5) is 5.69 Å². The molecule has 2 aromatic carbocycles. The van der Waals surface area contributed by atoms with Gasteiger partial charge in [0.05, 0.1) is 10.7 Å². The van der Waals surface area contributed by atoms with Crippen LogP contribution in [0.2, 0.25) is 5.02 Å². The van der Waals surface area contributed by atoms with Crippen molar-refractivity contribution in [3.8, 4) is 0 Å². The van der Waals surface area contributed by atoms with Crippen LogP contribution < -0.4 is 5.32 Å². The smallest absolute Gasteiger partial charge is 0.0648 e. The van der Waals surface area contributed by atoms with Crippen LogP contribution in [0.25, 0.3) is 0 Å². The lowest BCUT2D eigenvalue weighted by atomic mass is 10.00. The Morgan fingerprint density at radius 3 is 2.53 bits per heavy atom. The molecule has 2 rings (SSSR count). The Balaban J connectivity index is 2.25. The van der Waals surface area contributed by atoms with Gasteiger partial charge >= 0.3 is 0 Å². The third-order valence-corrected chi connectivity index (χ3v) is 4.19. The molecule has 0 saturated carbocycles. The second-order valence-corrected chi connectivity index (χ2v) is 6.50. The van der Waals surface area contributed by atoms with Gasteiger partial charge in [-0.15, -0.1) is 0 Å². The van der Waals surface area contributed by atoms with E-state index in [-0.39, 0.29) is 6.04 Å². The van der Waals surface area contributed by atoms with Crippen LogP contribution in [0.3, 0.4) is 0 Å². The molecule has 0 spiro atoms. The van der Waals surface area contributed by atoms with E-state index in [0.717, 1.165) is 14.3 Å². The van der Waals surface area contributed by atoms with Crippen molar-refractivity contribution in [2.45, 2.75) is 26.8 Å². The Kier molecular flexibility index (Phi) is 4.74. The standard InChI is InChI=1S/C16H17ClIN/c1-10-4-5-11(2)14(8-10)12(3)19-16-7-6-13(18)9-15(16)17/h4-9,12,19H,1-3H3. The van der Waals surface area contributed by atoms with Gasteiger partial charge in [0.25, 0.3) is 0 Å². The fourth-order valence-electron chi connectivity index (χ4n) is 2.14. The summed E-state index contributed by atoms with van der Waals surface area (Å²) in [7, 11) is 0. The van der Waals surface area contributed by atoms with Gasteiger partial charge in [-0.2, -0.15) is 0 Å². The zero-order valence-electron chi connectivity index (χ0n) is 11.3. The molecule has 1 unspecified atom stereocenters. The molecule has 0 fully saturated rings. The van der Waals surface area contributed by atoms with Crippen molar-refractivity contribution in [1.29, 1.82) is 0 Å². The molecule has 0 aliphatic carbocycles. The first-order valence-electron chi connectivity index (χ1n) is 6.26. The molecule has 0 heterocycles. The van der Waals surface area contributed by atoms with Crippen LogP contribution in [0.15, 0.2) is 36.4 Å². The maximum Gasteiger partial charge on any atom is 0.0648 e. The summed E-state index contributed by atoms with van der Waals surface area (Å²) >= 11 is 8.53. The van der Waals surface area contributed by atoms with Crippen LogP contribution in [-0.4, -0.2) is 0 Å². The van der Waals surface area contributed by atoms with Gasteiger partial charge in [-0.3, -0.25) is 0 Å².